The van der Waals surface area contributed by atoms with E-state index in [1.807, 2.05) is 45.9 Å². The summed E-state index contributed by atoms with van der Waals surface area (Å²) in [6, 6.07) is 7.75. The van der Waals surface area contributed by atoms with Gasteiger partial charge in [-0.05, 0) is 49.4 Å². The largest absolute Gasteiger partial charge is 0.461 e. The molecule has 0 radical (unpaired) electrons. The SMILES string of the molecule is CCOC(=O)c1cc(C(C)C)n2nc(CO)c(-c3c(C)cccc3C)c2n1. The second-order valence-electron chi connectivity index (χ2n) is 6.92. The number of esters is 1. The number of ether oxygens (including phenoxy) is 1. The van der Waals surface area contributed by atoms with Crippen molar-refractivity contribution in [1.82, 2.24) is 14.6 Å². The normalized spacial score (nSPS) is 11.4. The molecule has 2 heterocycles. The summed E-state index contributed by atoms with van der Waals surface area (Å²) < 4.78 is 6.89. The highest BCUT2D eigenvalue weighted by atomic mass is 16.5. The fourth-order valence-corrected chi connectivity index (χ4v) is 3.38. The lowest BCUT2D eigenvalue weighted by molar-refractivity contribution is 0.0519. The zero-order valence-corrected chi connectivity index (χ0v) is 16.4. The molecule has 1 aromatic carbocycles. The van der Waals surface area contributed by atoms with Crippen molar-refractivity contribution in [3.05, 3.63) is 52.5 Å². The first-order chi connectivity index (χ1) is 12.9. The molecular weight excluding hydrogens is 342 g/mol. The molecule has 0 spiro atoms. The first-order valence-corrected chi connectivity index (χ1v) is 9.16. The number of carbonyl (C=O) groups excluding carboxylic acids is 1. The Bertz CT molecular complexity index is 985. The van der Waals surface area contributed by atoms with Crippen molar-refractivity contribution in [2.45, 2.75) is 47.1 Å². The van der Waals surface area contributed by atoms with E-state index in [1.54, 1.807) is 17.5 Å². The number of aliphatic hydroxyl groups excluding tert-OH is 1. The topological polar surface area (TPSA) is 76.7 Å². The van der Waals surface area contributed by atoms with Crippen LogP contribution in [0.2, 0.25) is 0 Å². The summed E-state index contributed by atoms with van der Waals surface area (Å²) in [4.78, 5) is 16.9. The molecule has 2 aromatic heterocycles. The first kappa shape index (κ1) is 19.0. The van der Waals surface area contributed by atoms with Gasteiger partial charge >= 0.3 is 5.97 Å². The number of hydrogen-bond donors (Lipinski definition) is 1. The Morgan fingerprint density at radius 1 is 1.22 bits per heavy atom. The Balaban J connectivity index is 2.41. The van der Waals surface area contributed by atoms with Gasteiger partial charge in [-0.2, -0.15) is 5.10 Å². The fourth-order valence-electron chi connectivity index (χ4n) is 3.38. The van der Waals surface area contributed by atoms with Crippen molar-refractivity contribution >= 4 is 11.6 Å². The minimum Gasteiger partial charge on any atom is -0.461 e. The van der Waals surface area contributed by atoms with Crippen LogP contribution < -0.4 is 0 Å². The van der Waals surface area contributed by atoms with Crippen molar-refractivity contribution in [3.8, 4) is 11.1 Å². The fraction of sp³-hybridized carbons (Fsp3) is 0.381. The molecule has 3 aromatic rings. The van der Waals surface area contributed by atoms with Crippen LogP contribution in [0.15, 0.2) is 24.3 Å². The summed E-state index contributed by atoms with van der Waals surface area (Å²) >= 11 is 0. The van der Waals surface area contributed by atoms with Crippen LogP contribution >= 0.6 is 0 Å². The Kier molecular flexibility index (Phi) is 5.28. The van der Waals surface area contributed by atoms with E-state index in [0.717, 1.165) is 27.9 Å². The van der Waals surface area contributed by atoms with Gasteiger partial charge in [-0.15, -0.1) is 0 Å². The van der Waals surface area contributed by atoms with Gasteiger partial charge in [0.2, 0.25) is 0 Å². The lowest BCUT2D eigenvalue weighted by Gasteiger charge is -2.12. The second kappa shape index (κ2) is 7.48. The molecule has 0 atom stereocenters. The predicted molar refractivity (Wildman–Crippen MR) is 104 cm³/mol. The molecule has 0 bridgehead atoms. The molecule has 142 valence electrons. The summed E-state index contributed by atoms with van der Waals surface area (Å²) in [5.74, 6) is -0.345. The van der Waals surface area contributed by atoms with Crippen molar-refractivity contribution in [2.75, 3.05) is 6.61 Å². The summed E-state index contributed by atoms with van der Waals surface area (Å²) in [7, 11) is 0. The van der Waals surface area contributed by atoms with Crippen LogP contribution in [-0.2, 0) is 11.3 Å². The summed E-state index contributed by atoms with van der Waals surface area (Å²) in [5.41, 5.74) is 6.08. The molecule has 6 heteroatoms. The molecule has 1 N–H and O–H groups in total. The summed E-state index contributed by atoms with van der Waals surface area (Å²) in [6.07, 6.45) is 0. The van der Waals surface area contributed by atoms with E-state index in [-0.39, 0.29) is 24.8 Å². The molecular formula is C21H25N3O3. The highest BCUT2D eigenvalue weighted by Crippen LogP contribution is 2.34. The Hall–Kier alpha value is -2.73. The number of rotatable bonds is 5. The molecule has 0 aliphatic rings. The van der Waals surface area contributed by atoms with Gasteiger partial charge in [0.25, 0.3) is 0 Å². The van der Waals surface area contributed by atoms with Crippen LogP contribution in [0.1, 0.15) is 59.7 Å². The lowest BCUT2D eigenvalue weighted by atomic mass is 9.95. The van der Waals surface area contributed by atoms with E-state index >= 15 is 0 Å². The van der Waals surface area contributed by atoms with Crippen molar-refractivity contribution < 1.29 is 14.6 Å². The van der Waals surface area contributed by atoms with E-state index < -0.39 is 5.97 Å². The zero-order chi connectivity index (χ0) is 19.7. The molecule has 0 saturated carbocycles. The molecule has 0 amide bonds. The van der Waals surface area contributed by atoms with Crippen molar-refractivity contribution in [3.63, 3.8) is 0 Å². The van der Waals surface area contributed by atoms with Crippen LogP contribution in [-0.4, -0.2) is 32.3 Å². The average molecular weight is 367 g/mol. The molecule has 27 heavy (non-hydrogen) atoms. The van der Waals surface area contributed by atoms with Crippen LogP contribution in [0.5, 0.6) is 0 Å². The lowest BCUT2D eigenvalue weighted by Crippen LogP contribution is -2.12. The number of aromatic nitrogens is 3. The standard InChI is InChI=1S/C21H25N3O3/c1-6-27-21(26)15-10-17(12(2)3)24-20(22-15)19(16(11-25)23-24)18-13(4)8-7-9-14(18)5/h7-10,12,25H,6,11H2,1-5H3. The molecule has 0 fully saturated rings. The van der Waals surface area contributed by atoms with Crippen LogP contribution in [0.4, 0.5) is 0 Å². The summed E-state index contributed by atoms with van der Waals surface area (Å²) in [5, 5.41) is 14.6. The minimum atomic E-state index is -0.457. The van der Waals surface area contributed by atoms with E-state index in [4.69, 9.17) is 4.74 Å². The highest BCUT2D eigenvalue weighted by molar-refractivity contribution is 5.90. The van der Waals surface area contributed by atoms with Crippen LogP contribution in [0, 0.1) is 13.8 Å². The van der Waals surface area contributed by atoms with E-state index in [2.05, 4.69) is 10.1 Å². The van der Waals surface area contributed by atoms with Crippen molar-refractivity contribution in [2.24, 2.45) is 0 Å². The third-order valence-electron chi connectivity index (χ3n) is 4.65. The predicted octanol–water partition coefficient (Wildman–Crippen LogP) is 3.81. The van der Waals surface area contributed by atoms with Gasteiger partial charge in [-0.25, -0.2) is 14.3 Å². The number of hydrogen-bond acceptors (Lipinski definition) is 5. The van der Waals surface area contributed by atoms with Gasteiger partial charge in [0.1, 0.15) is 0 Å². The van der Waals surface area contributed by atoms with Gasteiger partial charge in [0.05, 0.1) is 24.5 Å². The average Bonchev–Trinajstić information content (AvgIpc) is 2.99. The van der Waals surface area contributed by atoms with Gasteiger partial charge < -0.3 is 9.84 Å². The van der Waals surface area contributed by atoms with Gasteiger partial charge in [0, 0.05) is 5.69 Å². The summed E-state index contributed by atoms with van der Waals surface area (Å²) in [6.45, 7) is 9.94. The third kappa shape index (κ3) is 3.32. The molecule has 0 unspecified atom stereocenters. The second-order valence-corrected chi connectivity index (χ2v) is 6.92. The zero-order valence-electron chi connectivity index (χ0n) is 16.4. The number of benzene rings is 1. The smallest absolute Gasteiger partial charge is 0.357 e. The Morgan fingerprint density at radius 3 is 2.44 bits per heavy atom. The van der Waals surface area contributed by atoms with Gasteiger partial charge in [-0.3, -0.25) is 0 Å². The van der Waals surface area contributed by atoms with Gasteiger partial charge in [0.15, 0.2) is 11.3 Å². The molecule has 0 aliphatic heterocycles. The number of nitrogens with zero attached hydrogens (tertiary/aromatic N) is 3. The molecule has 0 saturated heterocycles. The maximum atomic E-state index is 12.4. The Labute approximate surface area is 158 Å². The van der Waals surface area contributed by atoms with Crippen molar-refractivity contribution in [1.29, 1.82) is 0 Å². The van der Waals surface area contributed by atoms with E-state index in [0.29, 0.717) is 11.3 Å². The first-order valence-electron chi connectivity index (χ1n) is 9.16. The highest BCUT2D eigenvalue weighted by Gasteiger charge is 2.23. The number of aryl methyl sites for hydroxylation is 2. The third-order valence-corrected chi connectivity index (χ3v) is 4.65. The van der Waals surface area contributed by atoms with E-state index in [9.17, 15) is 9.90 Å². The molecule has 0 aliphatic carbocycles. The molecule has 6 nitrogen and oxygen atoms in total. The monoisotopic (exact) mass is 367 g/mol. The Morgan fingerprint density at radius 2 is 1.89 bits per heavy atom. The maximum Gasteiger partial charge on any atom is 0.357 e. The van der Waals surface area contributed by atoms with Crippen LogP contribution in [0.25, 0.3) is 16.8 Å². The number of fused-ring (bicyclic) bond motifs is 1. The number of carbonyl (C=O) groups is 1. The van der Waals surface area contributed by atoms with Crippen LogP contribution in [0.3, 0.4) is 0 Å². The maximum absolute atomic E-state index is 12.4. The van der Waals surface area contributed by atoms with Gasteiger partial charge in [-0.1, -0.05) is 32.0 Å². The quantitative estimate of drug-likeness (QED) is 0.694. The van der Waals surface area contributed by atoms with E-state index in [1.165, 1.54) is 0 Å². The number of aliphatic hydroxyl groups is 1. The molecule has 3 rings (SSSR count). The minimum absolute atomic E-state index is 0.112.